The molecule has 0 fully saturated rings. The van der Waals surface area contributed by atoms with Crippen molar-refractivity contribution in [2.75, 3.05) is 28.4 Å². The van der Waals surface area contributed by atoms with Crippen molar-refractivity contribution in [1.29, 1.82) is 0 Å². The highest BCUT2D eigenvalue weighted by atomic mass is 16.5. The summed E-state index contributed by atoms with van der Waals surface area (Å²) < 4.78 is 26.5. The molecule has 0 radical (unpaired) electrons. The highest BCUT2D eigenvalue weighted by Gasteiger charge is 2.26. The summed E-state index contributed by atoms with van der Waals surface area (Å²) in [4.78, 5) is 12.9. The van der Waals surface area contributed by atoms with E-state index in [-0.39, 0.29) is 22.8 Å². The van der Waals surface area contributed by atoms with Gasteiger partial charge in [0, 0.05) is 11.6 Å². The van der Waals surface area contributed by atoms with E-state index in [9.17, 15) is 9.90 Å². The van der Waals surface area contributed by atoms with Crippen molar-refractivity contribution in [3.8, 4) is 28.7 Å². The number of benzene rings is 2. The minimum Gasteiger partial charge on any atom is -0.504 e. The average molecular weight is 384 g/mol. The Hall–Kier alpha value is -3.61. The van der Waals surface area contributed by atoms with Crippen molar-refractivity contribution in [2.24, 2.45) is 0 Å². The summed E-state index contributed by atoms with van der Waals surface area (Å²) in [6.45, 7) is 0. The van der Waals surface area contributed by atoms with Gasteiger partial charge in [0.1, 0.15) is 22.8 Å². The maximum Gasteiger partial charge on any atom is 0.205 e. The fourth-order valence-electron chi connectivity index (χ4n) is 2.96. The summed E-state index contributed by atoms with van der Waals surface area (Å²) in [6.07, 6.45) is 4.35. The third-order valence-corrected chi connectivity index (χ3v) is 4.30. The molecule has 28 heavy (non-hydrogen) atoms. The smallest absolute Gasteiger partial charge is 0.205 e. The van der Waals surface area contributed by atoms with Crippen LogP contribution in [-0.4, -0.2) is 39.3 Å². The Bertz CT molecular complexity index is 1050. The fourth-order valence-corrected chi connectivity index (χ4v) is 2.96. The van der Waals surface area contributed by atoms with Crippen LogP contribution in [0.5, 0.6) is 28.7 Å². The van der Waals surface area contributed by atoms with E-state index in [1.165, 1.54) is 33.7 Å². The lowest BCUT2D eigenvalue weighted by Crippen LogP contribution is -2.02. The van der Waals surface area contributed by atoms with E-state index in [0.29, 0.717) is 28.0 Å². The van der Waals surface area contributed by atoms with Crippen LogP contribution < -0.4 is 18.9 Å². The molecular formula is C21H20O7. The first kappa shape index (κ1) is 19.2. The van der Waals surface area contributed by atoms with E-state index >= 15 is 0 Å². The van der Waals surface area contributed by atoms with Crippen LogP contribution in [0, 0.1) is 0 Å². The number of ether oxygens (including phenoxy) is 4. The van der Waals surface area contributed by atoms with Crippen molar-refractivity contribution in [2.45, 2.75) is 0 Å². The van der Waals surface area contributed by atoms with E-state index in [1.54, 1.807) is 37.5 Å². The number of furan rings is 1. The highest BCUT2D eigenvalue weighted by molar-refractivity contribution is 6.15. The van der Waals surface area contributed by atoms with Crippen LogP contribution >= 0.6 is 0 Å². The second-order valence-electron chi connectivity index (χ2n) is 5.76. The van der Waals surface area contributed by atoms with E-state index in [0.717, 1.165) is 0 Å². The second kappa shape index (κ2) is 7.96. The number of ketones is 1. The van der Waals surface area contributed by atoms with Crippen molar-refractivity contribution >= 4 is 22.8 Å². The predicted octanol–water partition coefficient (Wildman–Crippen LogP) is 4.07. The first-order valence-corrected chi connectivity index (χ1v) is 8.34. The predicted molar refractivity (Wildman–Crippen MR) is 104 cm³/mol. The number of carbonyl (C=O) groups is 1. The molecule has 0 aliphatic rings. The largest absolute Gasteiger partial charge is 0.504 e. The number of rotatable bonds is 7. The standard InChI is InChI=1S/C21H20O7/c1-24-13-7-5-12(16(11-13)25-2)6-8-15(22)17-18(23)21(27-4)20-14(9-10-28-20)19(17)26-3/h5-11,23H,1-4H3/b8-6+. The van der Waals surface area contributed by atoms with Crippen molar-refractivity contribution in [3.63, 3.8) is 0 Å². The maximum atomic E-state index is 12.9. The van der Waals surface area contributed by atoms with Crippen LogP contribution in [0.25, 0.3) is 17.0 Å². The number of phenols is 1. The molecular weight excluding hydrogens is 364 g/mol. The zero-order chi connectivity index (χ0) is 20.3. The maximum absolute atomic E-state index is 12.9. The van der Waals surface area contributed by atoms with Crippen LogP contribution in [0.2, 0.25) is 0 Å². The summed E-state index contributed by atoms with van der Waals surface area (Å²) in [7, 11) is 5.89. The molecule has 0 atom stereocenters. The Morgan fingerprint density at radius 1 is 1.00 bits per heavy atom. The van der Waals surface area contributed by atoms with Gasteiger partial charge in [-0.25, -0.2) is 0 Å². The van der Waals surface area contributed by atoms with Gasteiger partial charge in [0.25, 0.3) is 0 Å². The molecule has 1 heterocycles. The number of allylic oxidation sites excluding steroid dienone is 1. The SMILES string of the molecule is COc1ccc(/C=C/C(=O)c2c(O)c(OC)c3occc3c2OC)c(OC)c1. The van der Waals surface area contributed by atoms with Gasteiger partial charge >= 0.3 is 0 Å². The van der Waals surface area contributed by atoms with Crippen LogP contribution in [0.1, 0.15) is 15.9 Å². The minimum atomic E-state index is -0.464. The third kappa shape index (κ3) is 3.22. The molecule has 2 aromatic carbocycles. The highest BCUT2D eigenvalue weighted by Crippen LogP contribution is 2.46. The van der Waals surface area contributed by atoms with Crippen molar-refractivity contribution in [1.82, 2.24) is 0 Å². The molecule has 0 bridgehead atoms. The Balaban J connectivity index is 2.07. The van der Waals surface area contributed by atoms with Gasteiger partial charge in [-0.05, 0) is 30.4 Å². The topological polar surface area (TPSA) is 87.4 Å². The number of aromatic hydroxyl groups is 1. The van der Waals surface area contributed by atoms with Gasteiger partial charge in [0.15, 0.2) is 17.1 Å². The average Bonchev–Trinajstić information content (AvgIpc) is 3.20. The van der Waals surface area contributed by atoms with Gasteiger partial charge in [0.05, 0.1) is 40.1 Å². The second-order valence-corrected chi connectivity index (χ2v) is 5.76. The molecule has 1 N–H and O–H groups in total. The summed E-state index contributed by atoms with van der Waals surface area (Å²) >= 11 is 0. The first-order chi connectivity index (χ1) is 13.5. The lowest BCUT2D eigenvalue weighted by Gasteiger charge is -2.13. The zero-order valence-corrected chi connectivity index (χ0v) is 15.9. The molecule has 7 heteroatoms. The van der Waals surface area contributed by atoms with Gasteiger partial charge in [-0.2, -0.15) is 0 Å². The van der Waals surface area contributed by atoms with Gasteiger partial charge in [0.2, 0.25) is 5.75 Å². The van der Waals surface area contributed by atoms with Crippen LogP contribution in [0.15, 0.2) is 41.0 Å². The number of hydrogen-bond donors (Lipinski definition) is 1. The zero-order valence-electron chi connectivity index (χ0n) is 15.9. The minimum absolute atomic E-state index is 0.0167. The lowest BCUT2D eigenvalue weighted by molar-refractivity contribution is 0.104. The van der Waals surface area contributed by atoms with Crippen molar-refractivity contribution in [3.05, 3.63) is 47.7 Å². The van der Waals surface area contributed by atoms with E-state index < -0.39 is 5.78 Å². The molecule has 3 aromatic rings. The number of methoxy groups -OCH3 is 4. The molecule has 146 valence electrons. The Morgan fingerprint density at radius 3 is 2.39 bits per heavy atom. The molecule has 0 saturated carbocycles. The van der Waals surface area contributed by atoms with Gasteiger partial charge in [-0.1, -0.05) is 0 Å². The van der Waals surface area contributed by atoms with Crippen LogP contribution in [-0.2, 0) is 0 Å². The first-order valence-electron chi connectivity index (χ1n) is 8.34. The van der Waals surface area contributed by atoms with Gasteiger partial charge < -0.3 is 28.5 Å². The molecule has 0 unspecified atom stereocenters. The van der Waals surface area contributed by atoms with Crippen LogP contribution in [0.4, 0.5) is 0 Å². The molecule has 0 amide bonds. The molecule has 0 aliphatic heterocycles. The third-order valence-electron chi connectivity index (χ3n) is 4.30. The van der Waals surface area contributed by atoms with E-state index in [2.05, 4.69) is 0 Å². The molecule has 1 aromatic heterocycles. The Morgan fingerprint density at radius 2 is 1.75 bits per heavy atom. The summed E-state index contributed by atoms with van der Waals surface area (Å²) in [5, 5.41) is 11.1. The number of fused-ring (bicyclic) bond motifs is 1. The fraction of sp³-hybridized carbons (Fsp3) is 0.190. The molecule has 3 rings (SSSR count). The summed E-state index contributed by atoms with van der Waals surface area (Å²) in [6, 6.07) is 6.87. The van der Waals surface area contributed by atoms with Crippen molar-refractivity contribution < 1.29 is 33.3 Å². The van der Waals surface area contributed by atoms with Gasteiger partial charge in [-0.3, -0.25) is 4.79 Å². The number of hydrogen-bond acceptors (Lipinski definition) is 7. The number of phenolic OH excluding ortho intramolecular Hbond substituents is 1. The molecule has 7 nitrogen and oxygen atoms in total. The normalized spacial score (nSPS) is 11.0. The van der Waals surface area contributed by atoms with E-state index in [1.807, 2.05) is 0 Å². The van der Waals surface area contributed by atoms with Crippen LogP contribution in [0.3, 0.4) is 0 Å². The Kier molecular flexibility index (Phi) is 5.44. The van der Waals surface area contributed by atoms with E-state index in [4.69, 9.17) is 23.4 Å². The lowest BCUT2D eigenvalue weighted by atomic mass is 10.0. The molecule has 0 spiro atoms. The summed E-state index contributed by atoms with van der Waals surface area (Å²) in [5.41, 5.74) is 0.956. The monoisotopic (exact) mass is 384 g/mol. The number of carbonyl (C=O) groups excluding carboxylic acids is 1. The molecule has 0 saturated heterocycles. The van der Waals surface area contributed by atoms with Gasteiger partial charge in [-0.15, -0.1) is 0 Å². The summed E-state index contributed by atoms with van der Waals surface area (Å²) in [5.74, 6) is 0.641. The Labute approximate surface area is 161 Å². The quantitative estimate of drug-likeness (QED) is 0.485. The molecule has 0 aliphatic carbocycles.